The zero-order valence-electron chi connectivity index (χ0n) is 27.2. The highest BCUT2D eigenvalue weighted by Gasteiger charge is 2.53. The number of hydrogen-bond acceptors (Lipinski definition) is 16. The molecule has 48 heavy (non-hydrogen) atoms. The summed E-state index contributed by atoms with van der Waals surface area (Å²) >= 11 is 0. The second-order valence-electron chi connectivity index (χ2n) is 10.2. The van der Waals surface area contributed by atoms with Crippen molar-refractivity contribution in [3.05, 3.63) is 34.2 Å². The van der Waals surface area contributed by atoms with Crippen molar-refractivity contribution in [1.29, 1.82) is 0 Å². The second-order valence-corrected chi connectivity index (χ2v) is 10.2. The van der Waals surface area contributed by atoms with Gasteiger partial charge in [0.2, 0.25) is 12.4 Å². The van der Waals surface area contributed by atoms with Gasteiger partial charge in [-0.2, -0.15) is 0 Å². The first kappa shape index (κ1) is 39.7. The summed E-state index contributed by atoms with van der Waals surface area (Å²) in [6.45, 7) is 6.19. The highest BCUT2D eigenvalue weighted by Crippen LogP contribution is 2.34. The summed E-state index contributed by atoms with van der Waals surface area (Å²) in [5, 5.41) is 14.1. The van der Waals surface area contributed by atoms with Crippen molar-refractivity contribution in [2.75, 3.05) is 52.8 Å². The van der Waals surface area contributed by atoms with E-state index in [-0.39, 0.29) is 30.1 Å². The maximum atomic E-state index is 12.7. The summed E-state index contributed by atoms with van der Waals surface area (Å²) < 4.78 is 48.8. The molecular weight excluding hydrogens is 642 g/mol. The molecule has 1 aromatic carbocycles. The van der Waals surface area contributed by atoms with Gasteiger partial charge in [0.15, 0.2) is 29.5 Å². The molecule has 1 unspecified atom stereocenters. The van der Waals surface area contributed by atoms with Crippen molar-refractivity contribution in [3.8, 4) is 11.5 Å². The average Bonchev–Trinajstić information content (AvgIpc) is 3.01. The van der Waals surface area contributed by atoms with Crippen LogP contribution in [0.4, 0.5) is 0 Å². The third-order valence-corrected chi connectivity index (χ3v) is 6.31. The number of carbonyl (C=O) groups excluding carboxylic acids is 5. The molecule has 266 valence electrons. The molecule has 1 saturated heterocycles. The molecule has 0 aliphatic carbocycles. The molecule has 1 fully saturated rings. The van der Waals surface area contributed by atoms with Gasteiger partial charge in [-0.1, -0.05) is 5.11 Å². The fraction of sp³-hybridized carbons (Fsp3) is 0.633. The number of esters is 4. The first-order chi connectivity index (χ1) is 22.9. The van der Waals surface area contributed by atoms with Crippen LogP contribution in [0.5, 0.6) is 11.5 Å². The van der Waals surface area contributed by atoms with Crippen molar-refractivity contribution >= 4 is 29.7 Å². The van der Waals surface area contributed by atoms with E-state index in [0.29, 0.717) is 46.1 Å². The second kappa shape index (κ2) is 21.4. The number of hydrogen-bond donors (Lipinski definition) is 1. The summed E-state index contributed by atoms with van der Waals surface area (Å²) in [5.41, 5.74) is 8.37. The topological polar surface area (TPSA) is 237 Å². The van der Waals surface area contributed by atoms with Crippen molar-refractivity contribution in [1.82, 2.24) is 0 Å². The van der Waals surface area contributed by atoms with Crippen molar-refractivity contribution in [2.24, 2.45) is 5.11 Å². The summed E-state index contributed by atoms with van der Waals surface area (Å²) in [5.74, 6) is -4.01. The van der Waals surface area contributed by atoms with Gasteiger partial charge in [0.05, 0.1) is 33.0 Å². The fourth-order valence-electron chi connectivity index (χ4n) is 4.37. The van der Waals surface area contributed by atoms with Crippen molar-refractivity contribution < 1.29 is 71.7 Å². The van der Waals surface area contributed by atoms with Crippen LogP contribution in [-0.4, -0.2) is 118 Å². The molecule has 18 nitrogen and oxygen atoms in total. The molecule has 0 amide bonds. The number of ketones is 1. The molecule has 1 N–H and O–H groups in total. The van der Waals surface area contributed by atoms with E-state index in [9.17, 15) is 29.1 Å². The molecule has 1 heterocycles. The van der Waals surface area contributed by atoms with Crippen LogP contribution in [0, 0.1) is 0 Å². The van der Waals surface area contributed by atoms with E-state index in [4.69, 9.17) is 48.2 Å². The Balaban J connectivity index is 2.01. The van der Waals surface area contributed by atoms with Crippen LogP contribution in [0.25, 0.3) is 10.4 Å². The smallest absolute Gasteiger partial charge is 0.303 e. The molecule has 0 spiro atoms. The standard InChI is InChI=1S/C30H41N3O15/c1-18(34)43-17-26-27(44-19(2)35)28(45-20(3)36)29(46-21(4)37)30(48-26)47-25-8-7-22(16-24(25)39)23(38)6-5-10-40-12-14-42-15-13-41-11-9-32-33-31/h7-8,16,26-30,39H,5-6,9-15,17H2,1-4H3/t26-,27+,28+,29-,30?/m0/s1. The Morgan fingerprint density at radius 1 is 0.812 bits per heavy atom. The van der Waals surface area contributed by atoms with E-state index in [1.807, 2.05) is 0 Å². The largest absolute Gasteiger partial charge is 0.504 e. The number of ether oxygens (including phenoxy) is 9. The SMILES string of the molecule is CC(=O)OC[C@@H]1OC(Oc2ccc(C(=O)CCCOCCOCCOCCN=[N+]=[N-])cc2O)[C@@H](OC(C)=O)[C@H](OC(C)=O)[C@@H]1OC(C)=O. The lowest BCUT2D eigenvalue weighted by Gasteiger charge is -2.43. The van der Waals surface area contributed by atoms with Crippen LogP contribution in [0.2, 0.25) is 0 Å². The van der Waals surface area contributed by atoms with Gasteiger partial charge in [0, 0.05) is 57.7 Å². The molecule has 18 heteroatoms. The van der Waals surface area contributed by atoms with Gasteiger partial charge >= 0.3 is 23.9 Å². The minimum atomic E-state index is -1.56. The molecule has 5 atom stereocenters. The monoisotopic (exact) mass is 683 g/mol. The Hall–Kier alpha value is -4.48. The zero-order chi connectivity index (χ0) is 35.5. The van der Waals surface area contributed by atoms with E-state index >= 15 is 0 Å². The van der Waals surface area contributed by atoms with Crippen LogP contribution in [-0.2, 0) is 57.1 Å². The number of benzene rings is 1. The molecule has 1 aliphatic rings. The first-order valence-electron chi connectivity index (χ1n) is 15.0. The van der Waals surface area contributed by atoms with Crippen LogP contribution in [0.1, 0.15) is 50.9 Å². The van der Waals surface area contributed by atoms with Crippen molar-refractivity contribution in [3.63, 3.8) is 0 Å². The lowest BCUT2D eigenvalue weighted by Crippen LogP contribution is -2.63. The van der Waals surface area contributed by atoms with Gasteiger partial charge in [-0.05, 0) is 30.2 Å². The Kier molecular flexibility index (Phi) is 17.7. The van der Waals surface area contributed by atoms with Crippen LogP contribution >= 0.6 is 0 Å². The lowest BCUT2D eigenvalue weighted by atomic mass is 9.98. The maximum absolute atomic E-state index is 12.7. The quantitative estimate of drug-likeness (QED) is 0.0372. The Morgan fingerprint density at radius 3 is 1.98 bits per heavy atom. The van der Waals surface area contributed by atoms with Gasteiger partial charge in [-0.3, -0.25) is 24.0 Å². The minimum absolute atomic E-state index is 0.124. The summed E-state index contributed by atoms with van der Waals surface area (Å²) in [6.07, 6.45) is -6.60. The normalized spacial score (nSPS) is 20.1. The number of phenols is 1. The Labute approximate surface area is 276 Å². The molecule has 2 rings (SSSR count). The maximum Gasteiger partial charge on any atom is 0.303 e. The van der Waals surface area contributed by atoms with Crippen LogP contribution in [0.3, 0.4) is 0 Å². The number of rotatable bonds is 21. The number of azide groups is 1. The zero-order valence-corrected chi connectivity index (χ0v) is 27.2. The highest BCUT2D eigenvalue weighted by molar-refractivity contribution is 5.96. The van der Waals surface area contributed by atoms with E-state index in [0.717, 1.165) is 27.7 Å². The lowest BCUT2D eigenvalue weighted by molar-refractivity contribution is -0.288. The predicted octanol–water partition coefficient (Wildman–Crippen LogP) is 2.18. The van der Waals surface area contributed by atoms with Crippen LogP contribution in [0.15, 0.2) is 23.3 Å². The number of phenolic OH excluding ortho intramolecular Hbond substituents is 1. The highest BCUT2D eigenvalue weighted by atomic mass is 16.7. The number of Topliss-reactive ketones (excluding diaryl/α,β-unsaturated/α-hetero) is 1. The van der Waals surface area contributed by atoms with E-state index < -0.39 is 66.9 Å². The minimum Gasteiger partial charge on any atom is -0.504 e. The average molecular weight is 684 g/mol. The van der Waals surface area contributed by atoms with Gasteiger partial charge < -0.3 is 47.7 Å². The van der Waals surface area contributed by atoms with Crippen LogP contribution < -0.4 is 4.74 Å². The molecule has 0 aromatic heterocycles. The molecule has 0 saturated carbocycles. The number of aromatic hydroxyl groups is 1. The van der Waals surface area contributed by atoms with E-state index in [1.54, 1.807) is 0 Å². The first-order valence-corrected chi connectivity index (χ1v) is 15.0. The molecule has 0 bridgehead atoms. The number of carbonyl (C=O) groups is 5. The van der Waals surface area contributed by atoms with Gasteiger partial charge in [0.1, 0.15) is 12.7 Å². The van der Waals surface area contributed by atoms with Gasteiger partial charge in [0.25, 0.3) is 0 Å². The Morgan fingerprint density at radius 2 is 1.40 bits per heavy atom. The molecule has 1 aliphatic heterocycles. The number of nitrogens with zero attached hydrogens (tertiary/aromatic N) is 3. The van der Waals surface area contributed by atoms with E-state index in [1.165, 1.54) is 18.2 Å². The fourth-order valence-corrected chi connectivity index (χ4v) is 4.37. The third-order valence-electron chi connectivity index (χ3n) is 6.31. The third kappa shape index (κ3) is 14.5. The summed E-state index contributed by atoms with van der Waals surface area (Å²) in [4.78, 5) is 62.8. The predicted molar refractivity (Wildman–Crippen MR) is 161 cm³/mol. The van der Waals surface area contributed by atoms with Gasteiger partial charge in [-0.25, -0.2) is 0 Å². The van der Waals surface area contributed by atoms with E-state index in [2.05, 4.69) is 10.0 Å². The molecule has 1 aromatic rings. The van der Waals surface area contributed by atoms with Crippen molar-refractivity contribution in [2.45, 2.75) is 71.2 Å². The van der Waals surface area contributed by atoms with Gasteiger partial charge in [-0.15, -0.1) is 0 Å². The molecular formula is C30H41N3O15. The molecule has 0 radical (unpaired) electrons. The summed E-state index contributed by atoms with van der Waals surface area (Å²) in [7, 11) is 0. The summed E-state index contributed by atoms with van der Waals surface area (Å²) in [6, 6.07) is 3.89. The Bertz CT molecular complexity index is 1290.